The van der Waals surface area contributed by atoms with E-state index in [1.165, 1.54) is 4.90 Å². The van der Waals surface area contributed by atoms with Crippen LogP contribution in [0, 0.1) is 5.92 Å². The Labute approximate surface area is 125 Å². The van der Waals surface area contributed by atoms with E-state index in [2.05, 4.69) is 15.9 Å². The van der Waals surface area contributed by atoms with Crippen LogP contribution in [0.25, 0.3) is 0 Å². The molecule has 5 nitrogen and oxygen atoms in total. The van der Waals surface area contributed by atoms with Gasteiger partial charge in [0.2, 0.25) is 0 Å². The number of carboxylic acid groups (broad SMARTS) is 1. The largest absolute Gasteiger partial charge is 0.480 e. The highest BCUT2D eigenvalue weighted by atomic mass is 79.9. The summed E-state index contributed by atoms with van der Waals surface area (Å²) in [5.74, 6) is -0.886. The Morgan fingerprint density at radius 3 is 2.75 bits per heavy atom. The molecule has 2 atom stereocenters. The third kappa shape index (κ3) is 2.95. The summed E-state index contributed by atoms with van der Waals surface area (Å²) in [4.78, 5) is 25.3. The number of nitrogens with zero attached hydrogens (tertiary/aromatic N) is 1. The summed E-state index contributed by atoms with van der Waals surface area (Å²) in [5.41, 5.74) is 6.69. The number of nitrogens with two attached hydrogens (primary N) is 1. The van der Waals surface area contributed by atoms with Crippen molar-refractivity contribution in [3.8, 4) is 0 Å². The van der Waals surface area contributed by atoms with E-state index in [4.69, 9.17) is 5.73 Å². The first-order chi connectivity index (χ1) is 9.40. The lowest BCUT2D eigenvalue weighted by Gasteiger charge is -2.36. The van der Waals surface area contributed by atoms with E-state index in [1.807, 2.05) is 6.92 Å². The maximum atomic E-state index is 12.5. The van der Waals surface area contributed by atoms with Gasteiger partial charge in [0.1, 0.15) is 6.04 Å². The first-order valence-corrected chi connectivity index (χ1v) is 7.28. The van der Waals surface area contributed by atoms with Gasteiger partial charge in [-0.25, -0.2) is 4.79 Å². The van der Waals surface area contributed by atoms with Crippen LogP contribution in [-0.4, -0.2) is 34.5 Å². The highest BCUT2D eigenvalue weighted by molar-refractivity contribution is 9.10. The van der Waals surface area contributed by atoms with Crippen LogP contribution in [-0.2, 0) is 4.79 Å². The first-order valence-electron chi connectivity index (χ1n) is 6.49. The van der Waals surface area contributed by atoms with Gasteiger partial charge in [0.25, 0.3) is 5.91 Å². The molecule has 6 heteroatoms. The lowest BCUT2D eigenvalue weighted by atomic mass is 9.92. The molecule has 0 aliphatic carbocycles. The predicted octanol–water partition coefficient (Wildman–Crippen LogP) is 2.36. The number of amides is 1. The molecule has 1 aromatic rings. The van der Waals surface area contributed by atoms with Crippen molar-refractivity contribution in [3.63, 3.8) is 0 Å². The summed E-state index contributed by atoms with van der Waals surface area (Å²) in [6.07, 6.45) is 1.32. The number of carboxylic acids is 1. The van der Waals surface area contributed by atoms with Gasteiger partial charge in [-0.3, -0.25) is 4.79 Å². The average molecular weight is 341 g/mol. The summed E-state index contributed by atoms with van der Waals surface area (Å²) in [5, 5.41) is 9.30. The number of likely N-dealkylation sites (tertiary alicyclic amines) is 1. The molecule has 0 aromatic heterocycles. The minimum atomic E-state index is -0.945. The van der Waals surface area contributed by atoms with E-state index < -0.39 is 12.0 Å². The SMILES string of the molecule is CC1CCN(C(=O)c2ccc(N)c(Br)c2)C(C(=O)O)C1. The predicted molar refractivity (Wildman–Crippen MR) is 79.4 cm³/mol. The van der Waals surface area contributed by atoms with Crippen molar-refractivity contribution in [3.05, 3.63) is 28.2 Å². The van der Waals surface area contributed by atoms with Crippen LogP contribution >= 0.6 is 15.9 Å². The van der Waals surface area contributed by atoms with E-state index in [1.54, 1.807) is 18.2 Å². The number of hydrogen-bond acceptors (Lipinski definition) is 3. The van der Waals surface area contributed by atoms with E-state index >= 15 is 0 Å². The molecule has 1 aromatic carbocycles. The zero-order valence-corrected chi connectivity index (χ0v) is 12.8. The second-order valence-corrected chi connectivity index (χ2v) is 6.07. The fourth-order valence-electron chi connectivity index (χ4n) is 2.44. The third-order valence-electron chi connectivity index (χ3n) is 3.66. The second kappa shape index (κ2) is 5.83. The molecular weight excluding hydrogens is 324 g/mol. The number of aliphatic carboxylic acids is 1. The van der Waals surface area contributed by atoms with Crippen molar-refractivity contribution >= 4 is 33.5 Å². The Morgan fingerprint density at radius 1 is 1.45 bits per heavy atom. The molecule has 1 amide bonds. The zero-order valence-electron chi connectivity index (χ0n) is 11.2. The molecule has 1 heterocycles. The van der Waals surface area contributed by atoms with Crippen molar-refractivity contribution in [2.75, 3.05) is 12.3 Å². The Morgan fingerprint density at radius 2 is 2.15 bits per heavy atom. The van der Waals surface area contributed by atoms with Crippen molar-refractivity contribution in [1.29, 1.82) is 0 Å². The van der Waals surface area contributed by atoms with Gasteiger partial charge in [-0.05, 0) is 52.9 Å². The van der Waals surface area contributed by atoms with Crippen LogP contribution in [0.4, 0.5) is 5.69 Å². The van der Waals surface area contributed by atoms with Gasteiger partial charge in [0.15, 0.2) is 0 Å². The Hall–Kier alpha value is -1.56. The van der Waals surface area contributed by atoms with Crippen LogP contribution < -0.4 is 5.73 Å². The maximum Gasteiger partial charge on any atom is 0.326 e. The standard InChI is InChI=1S/C14H17BrN2O3/c1-8-4-5-17(12(6-8)14(19)20)13(18)9-2-3-11(16)10(15)7-9/h2-3,7-8,12H,4-6,16H2,1H3,(H,19,20). The molecule has 1 aliphatic rings. The van der Waals surface area contributed by atoms with E-state index in [9.17, 15) is 14.7 Å². The van der Waals surface area contributed by atoms with Gasteiger partial charge < -0.3 is 15.7 Å². The number of carbonyl (C=O) groups excluding carboxylic acids is 1. The molecular formula is C14H17BrN2O3. The second-order valence-electron chi connectivity index (χ2n) is 5.22. The quantitative estimate of drug-likeness (QED) is 0.809. The molecule has 0 radical (unpaired) electrons. The number of carbonyl (C=O) groups is 2. The highest BCUT2D eigenvalue weighted by Crippen LogP contribution is 2.26. The Kier molecular flexibility index (Phi) is 4.32. The average Bonchev–Trinajstić information content (AvgIpc) is 2.41. The number of rotatable bonds is 2. The van der Waals surface area contributed by atoms with Gasteiger partial charge in [0.05, 0.1) is 0 Å². The van der Waals surface area contributed by atoms with Crippen LogP contribution in [0.3, 0.4) is 0 Å². The first kappa shape index (κ1) is 14.8. The number of benzene rings is 1. The normalized spacial score (nSPS) is 22.6. The van der Waals surface area contributed by atoms with Crippen molar-refractivity contribution in [2.24, 2.45) is 5.92 Å². The maximum absolute atomic E-state index is 12.5. The van der Waals surface area contributed by atoms with Crippen molar-refractivity contribution < 1.29 is 14.7 Å². The lowest BCUT2D eigenvalue weighted by molar-refractivity contribution is -0.144. The van der Waals surface area contributed by atoms with E-state index in [0.29, 0.717) is 34.6 Å². The summed E-state index contributed by atoms with van der Waals surface area (Å²) in [7, 11) is 0. The summed E-state index contributed by atoms with van der Waals surface area (Å²) in [6, 6.07) is 4.15. The molecule has 1 aliphatic heterocycles. The zero-order chi connectivity index (χ0) is 14.9. The Bertz CT molecular complexity index is 547. The fraction of sp³-hybridized carbons (Fsp3) is 0.429. The van der Waals surface area contributed by atoms with Crippen LogP contribution in [0.5, 0.6) is 0 Å². The Balaban J connectivity index is 2.26. The minimum Gasteiger partial charge on any atom is -0.480 e. The summed E-state index contributed by atoms with van der Waals surface area (Å²) >= 11 is 3.28. The summed E-state index contributed by atoms with van der Waals surface area (Å²) in [6.45, 7) is 2.48. The number of piperidine rings is 1. The van der Waals surface area contributed by atoms with Gasteiger partial charge in [-0.15, -0.1) is 0 Å². The van der Waals surface area contributed by atoms with E-state index in [-0.39, 0.29) is 5.91 Å². The molecule has 1 fully saturated rings. The van der Waals surface area contributed by atoms with Crippen LogP contribution in [0.2, 0.25) is 0 Å². The molecule has 1 saturated heterocycles. The van der Waals surface area contributed by atoms with Crippen molar-refractivity contribution in [1.82, 2.24) is 4.90 Å². The lowest BCUT2D eigenvalue weighted by Crippen LogP contribution is -2.49. The highest BCUT2D eigenvalue weighted by Gasteiger charge is 2.35. The minimum absolute atomic E-state index is 0.259. The molecule has 108 valence electrons. The van der Waals surface area contributed by atoms with Gasteiger partial charge in [-0.2, -0.15) is 0 Å². The number of halogens is 1. The smallest absolute Gasteiger partial charge is 0.326 e. The number of hydrogen-bond donors (Lipinski definition) is 2. The third-order valence-corrected chi connectivity index (χ3v) is 4.34. The molecule has 20 heavy (non-hydrogen) atoms. The van der Waals surface area contributed by atoms with Gasteiger partial charge in [0, 0.05) is 22.3 Å². The molecule has 0 spiro atoms. The van der Waals surface area contributed by atoms with Gasteiger partial charge >= 0.3 is 5.97 Å². The van der Waals surface area contributed by atoms with Gasteiger partial charge in [-0.1, -0.05) is 6.92 Å². The molecule has 0 saturated carbocycles. The number of anilines is 1. The fourth-order valence-corrected chi connectivity index (χ4v) is 2.82. The van der Waals surface area contributed by atoms with E-state index in [0.717, 1.165) is 6.42 Å². The van der Waals surface area contributed by atoms with Crippen LogP contribution in [0.1, 0.15) is 30.1 Å². The molecule has 2 rings (SSSR count). The van der Waals surface area contributed by atoms with Crippen LogP contribution in [0.15, 0.2) is 22.7 Å². The molecule has 0 bridgehead atoms. The number of nitrogen functional groups attached to an aromatic ring is 1. The molecule has 3 N–H and O–H groups in total. The summed E-state index contributed by atoms with van der Waals surface area (Å²) < 4.78 is 0.639. The monoisotopic (exact) mass is 340 g/mol. The topological polar surface area (TPSA) is 83.6 Å². The van der Waals surface area contributed by atoms with Crippen molar-refractivity contribution in [2.45, 2.75) is 25.8 Å². The molecule has 2 unspecified atom stereocenters.